The van der Waals surface area contributed by atoms with Crippen molar-refractivity contribution < 1.29 is 120 Å². The molecule has 3 rings (SSSR count). The molecule has 11 N–H and O–H groups in total. The van der Waals surface area contributed by atoms with Crippen LogP contribution in [0.2, 0.25) is 0 Å². The van der Waals surface area contributed by atoms with E-state index in [9.17, 15) is 58.3 Å². The van der Waals surface area contributed by atoms with Crippen LogP contribution in [0.3, 0.4) is 0 Å². The summed E-state index contributed by atoms with van der Waals surface area (Å²) in [5.41, 5.74) is 5.55. The van der Waals surface area contributed by atoms with Crippen LogP contribution in [0, 0.1) is 0 Å². The number of amides is 2. The number of hydrogen-bond donors (Lipinski definition) is 10. The monoisotopic (exact) mass is 773 g/mol. The number of hydrogen-bond acceptors (Lipinski definition) is 20. The van der Waals surface area contributed by atoms with E-state index in [4.69, 9.17) is 34.2 Å². The van der Waals surface area contributed by atoms with E-state index >= 15 is 0 Å². The number of rotatable bonds is 17. The molecule has 22 nitrogen and oxygen atoms in total. The molecule has 0 spiro atoms. The fourth-order valence-electron chi connectivity index (χ4n) is 5.64. The summed E-state index contributed by atoms with van der Waals surface area (Å²) in [7, 11) is -5.27. The minimum Gasteiger partial charge on any atom is -0.726 e. The molecule has 0 aromatic rings. The minimum atomic E-state index is -5.27. The maximum Gasteiger partial charge on any atom is 1.00 e. The van der Waals surface area contributed by atoms with Crippen molar-refractivity contribution in [2.45, 2.75) is 125 Å². The van der Waals surface area contributed by atoms with Crippen LogP contribution >= 0.6 is 0 Å². The van der Waals surface area contributed by atoms with Gasteiger partial charge in [-0.2, -0.15) is 0 Å². The number of nitrogens with one attached hydrogen (secondary N) is 2. The standard InChI is InChI=1S/C27H49N3O19S.Na/c1-11(32)29-16-21(37)18(34)13(8-31)46-25(16)44-9-14-20(36)24(17(30-12(2)33)26(47-14)43-7-5-3-4-6-28)49-27-23(39)22(38)19(35)15(48-27)10-45-50(40,41)42;/h13-27,31,34-39H,3-10,28H2,1-2H3,(H,29,32)(H,30,33)(H,40,41,42);/q;+1/p-1/t13-,14-,15-,16-,17-,18+,19-,20+,21-,22+,23-,24-,25-,26-,27+;/m1./s1. The average Bonchev–Trinajstić information content (AvgIpc) is 3.04. The number of nitrogens with two attached hydrogens (primary N) is 1. The van der Waals surface area contributed by atoms with Gasteiger partial charge in [-0.15, -0.1) is 0 Å². The van der Waals surface area contributed by atoms with Gasteiger partial charge in [-0.3, -0.25) is 13.8 Å². The molecule has 2 amide bonds. The van der Waals surface area contributed by atoms with E-state index in [2.05, 4.69) is 14.8 Å². The van der Waals surface area contributed by atoms with Gasteiger partial charge >= 0.3 is 29.6 Å². The van der Waals surface area contributed by atoms with Gasteiger partial charge in [0.2, 0.25) is 22.2 Å². The van der Waals surface area contributed by atoms with Gasteiger partial charge in [-0.05, 0) is 25.8 Å². The van der Waals surface area contributed by atoms with E-state index in [1.807, 2.05) is 0 Å². The fourth-order valence-corrected chi connectivity index (χ4v) is 5.95. The number of carbonyl (C=O) groups is 2. The largest absolute Gasteiger partial charge is 1.00 e. The number of aliphatic hydroxyl groups is 7. The topological polar surface area (TPSA) is 348 Å². The van der Waals surface area contributed by atoms with Crippen molar-refractivity contribution in [2.75, 3.05) is 33.0 Å². The second kappa shape index (κ2) is 21.4. The zero-order valence-electron chi connectivity index (χ0n) is 28.3. The summed E-state index contributed by atoms with van der Waals surface area (Å²) in [6.07, 6.45) is -20.2. The Bertz CT molecular complexity index is 1190. The molecular formula is C27H48N3NaO19S. The van der Waals surface area contributed by atoms with Crippen LogP contribution in [0.5, 0.6) is 0 Å². The quantitative estimate of drug-likeness (QED) is 0.0284. The minimum absolute atomic E-state index is 0. The smallest absolute Gasteiger partial charge is 0.726 e. The number of carbonyl (C=O) groups excluding carboxylic acids is 2. The third-order valence-electron chi connectivity index (χ3n) is 8.19. The summed E-state index contributed by atoms with van der Waals surface area (Å²) in [4.78, 5) is 24.1. The summed E-state index contributed by atoms with van der Waals surface area (Å²) in [5, 5.41) is 78.5. The SMILES string of the molecule is CC(=O)N[C@H]1[C@H](OC[C@H]2O[C@@H](OCCCCCN)[C@H](NC(C)=O)[C@@H](O[C@@H]3O[C@H](COS(=O)(=O)[O-])[C@@H](O)[C@H](O)[C@H]3O)[C@H]2O)O[C@H](CO)[C@H](O)[C@@H]1O.[Na+]. The van der Waals surface area contributed by atoms with Crippen LogP contribution in [0.25, 0.3) is 0 Å². The first kappa shape index (κ1) is 46.4. The molecule has 3 fully saturated rings. The first-order valence-electron chi connectivity index (χ1n) is 15.9. The molecule has 3 aliphatic heterocycles. The van der Waals surface area contributed by atoms with E-state index in [1.54, 1.807) is 0 Å². The molecule has 0 radical (unpaired) electrons. The van der Waals surface area contributed by atoms with Crippen LogP contribution in [0.4, 0.5) is 0 Å². The number of aliphatic hydroxyl groups excluding tert-OH is 7. The van der Waals surface area contributed by atoms with Crippen molar-refractivity contribution in [2.24, 2.45) is 5.73 Å². The Morgan fingerprint density at radius 1 is 0.725 bits per heavy atom. The van der Waals surface area contributed by atoms with Crippen molar-refractivity contribution in [3.63, 3.8) is 0 Å². The molecular weight excluding hydrogens is 725 g/mol. The Balaban J connectivity index is 0.00000901. The van der Waals surface area contributed by atoms with Crippen molar-refractivity contribution in [3.05, 3.63) is 0 Å². The molecule has 0 saturated carbocycles. The van der Waals surface area contributed by atoms with Gasteiger partial charge in [0.1, 0.15) is 73.1 Å². The van der Waals surface area contributed by atoms with Gasteiger partial charge in [0.25, 0.3) is 0 Å². The molecule has 0 aliphatic carbocycles. The molecule has 292 valence electrons. The van der Waals surface area contributed by atoms with Crippen LogP contribution in [0.1, 0.15) is 33.1 Å². The van der Waals surface area contributed by atoms with Crippen molar-refractivity contribution in [3.8, 4) is 0 Å². The summed E-state index contributed by atoms with van der Waals surface area (Å²) < 4.78 is 71.7. The van der Waals surface area contributed by atoms with E-state index in [0.29, 0.717) is 25.8 Å². The maximum absolute atomic E-state index is 12.3. The molecule has 24 heteroatoms. The molecule has 3 heterocycles. The third-order valence-corrected chi connectivity index (χ3v) is 8.61. The van der Waals surface area contributed by atoms with Gasteiger partial charge < -0.3 is 85.1 Å². The molecule has 15 atom stereocenters. The first-order chi connectivity index (χ1) is 23.5. The Hall–Kier alpha value is -0.750. The second-order valence-electron chi connectivity index (χ2n) is 12.1. The maximum atomic E-state index is 12.3. The normalized spacial score (nSPS) is 38.8. The van der Waals surface area contributed by atoms with Crippen LogP contribution in [-0.2, 0) is 52.6 Å². The summed E-state index contributed by atoms with van der Waals surface area (Å²) >= 11 is 0. The summed E-state index contributed by atoms with van der Waals surface area (Å²) in [5.74, 6) is -1.27. The Morgan fingerprint density at radius 2 is 1.27 bits per heavy atom. The molecule has 51 heavy (non-hydrogen) atoms. The van der Waals surface area contributed by atoms with E-state index in [-0.39, 0.29) is 36.2 Å². The first-order valence-corrected chi connectivity index (χ1v) is 17.2. The zero-order valence-corrected chi connectivity index (χ0v) is 31.1. The summed E-state index contributed by atoms with van der Waals surface area (Å²) in [6, 6.07) is -2.70. The van der Waals surface area contributed by atoms with Crippen molar-refractivity contribution >= 4 is 22.2 Å². The molecule has 3 saturated heterocycles. The third kappa shape index (κ3) is 13.2. The number of ether oxygens (including phenoxy) is 6. The van der Waals surface area contributed by atoms with Gasteiger partial charge in [0.05, 0.1) is 19.8 Å². The average molecular weight is 774 g/mol. The molecule has 0 unspecified atom stereocenters. The number of unbranched alkanes of at least 4 members (excludes halogenated alkanes) is 2. The van der Waals surface area contributed by atoms with Crippen LogP contribution in [-0.4, -0.2) is 185 Å². The van der Waals surface area contributed by atoms with Gasteiger partial charge in [0.15, 0.2) is 18.9 Å². The fraction of sp³-hybridized carbons (Fsp3) is 0.926. The van der Waals surface area contributed by atoms with E-state index in [0.717, 1.165) is 13.8 Å². The molecule has 3 aliphatic rings. The summed E-state index contributed by atoms with van der Waals surface area (Å²) in [6.45, 7) is 0.342. The van der Waals surface area contributed by atoms with E-state index < -0.39 is 134 Å². The predicted octanol–water partition coefficient (Wildman–Crippen LogP) is -9.64. The zero-order chi connectivity index (χ0) is 37.3. The van der Waals surface area contributed by atoms with Crippen molar-refractivity contribution in [1.29, 1.82) is 0 Å². The second-order valence-corrected chi connectivity index (χ2v) is 13.1. The van der Waals surface area contributed by atoms with Crippen LogP contribution < -0.4 is 45.9 Å². The molecule has 0 aromatic heterocycles. The van der Waals surface area contributed by atoms with Gasteiger partial charge in [0, 0.05) is 20.5 Å². The Kier molecular flexibility index (Phi) is 19.4. The van der Waals surface area contributed by atoms with Crippen molar-refractivity contribution in [1.82, 2.24) is 10.6 Å². The van der Waals surface area contributed by atoms with Gasteiger partial charge in [-0.1, -0.05) is 0 Å². The Morgan fingerprint density at radius 3 is 1.86 bits per heavy atom. The molecule has 0 bridgehead atoms. The predicted molar refractivity (Wildman–Crippen MR) is 160 cm³/mol. The van der Waals surface area contributed by atoms with Gasteiger partial charge in [-0.25, -0.2) is 8.42 Å². The van der Waals surface area contributed by atoms with E-state index in [1.165, 1.54) is 0 Å². The molecule has 0 aromatic carbocycles. The van der Waals surface area contributed by atoms with Crippen LogP contribution in [0.15, 0.2) is 0 Å². The Labute approximate surface area is 316 Å².